The molecule has 0 saturated carbocycles. The van der Waals surface area contributed by atoms with Crippen LogP contribution in [0.1, 0.15) is 19.8 Å². The van der Waals surface area contributed by atoms with E-state index in [9.17, 15) is 4.79 Å². The Kier molecular flexibility index (Phi) is 7.53. The summed E-state index contributed by atoms with van der Waals surface area (Å²) >= 11 is 6.60. The van der Waals surface area contributed by atoms with Gasteiger partial charge in [0, 0.05) is 53.1 Å². The van der Waals surface area contributed by atoms with E-state index >= 15 is 4.39 Å². The predicted molar refractivity (Wildman–Crippen MR) is 162 cm³/mol. The van der Waals surface area contributed by atoms with Gasteiger partial charge < -0.3 is 19.4 Å². The highest BCUT2D eigenvalue weighted by atomic mass is 35.5. The van der Waals surface area contributed by atoms with E-state index in [4.69, 9.17) is 21.3 Å². The number of aromatic nitrogens is 2. The van der Waals surface area contributed by atoms with Gasteiger partial charge in [0.2, 0.25) is 5.91 Å². The minimum atomic E-state index is -0.450. The van der Waals surface area contributed by atoms with E-state index < -0.39 is 5.82 Å². The first-order chi connectivity index (χ1) is 19.9. The number of anilines is 1. The second-order valence-electron chi connectivity index (χ2n) is 10.9. The van der Waals surface area contributed by atoms with Crippen molar-refractivity contribution in [1.82, 2.24) is 19.8 Å². The number of carbonyl (C=O) groups is 1. The number of amides is 1. The molecule has 4 aromatic rings. The van der Waals surface area contributed by atoms with Crippen molar-refractivity contribution in [3.05, 3.63) is 72.0 Å². The monoisotopic (exact) mass is 573 g/mol. The van der Waals surface area contributed by atoms with Gasteiger partial charge in [0.15, 0.2) is 5.82 Å². The molecule has 2 aliphatic rings. The van der Waals surface area contributed by atoms with Gasteiger partial charge in [-0.15, -0.1) is 0 Å². The fraction of sp³-hybridized carbons (Fsp3) is 0.344. The van der Waals surface area contributed by atoms with Crippen molar-refractivity contribution in [2.24, 2.45) is 0 Å². The normalized spacial score (nSPS) is 19.7. The number of benzene rings is 3. The van der Waals surface area contributed by atoms with Crippen molar-refractivity contribution in [2.75, 3.05) is 44.7 Å². The van der Waals surface area contributed by atoms with Crippen molar-refractivity contribution in [1.29, 1.82) is 0 Å². The van der Waals surface area contributed by atoms with Gasteiger partial charge in [0.05, 0.1) is 0 Å². The average molecular weight is 574 g/mol. The van der Waals surface area contributed by atoms with E-state index in [0.29, 0.717) is 53.6 Å². The number of hydrogen-bond donors (Lipinski definition) is 0. The van der Waals surface area contributed by atoms with Gasteiger partial charge in [0.1, 0.15) is 17.9 Å². The topological polar surface area (TPSA) is 61.8 Å². The first-order valence-corrected chi connectivity index (χ1v) is 14.4. The molecule has 2 atom stereocenters. The first kappa shape index (κ1) is 27.4. The van der Waals surface area contributed by atoms with Crippen molar-refractivity contribution >= 4 is 45.0 Å². The van der Waals surface area contributed by atoms with Crippen molar-refractivity contribution in [2.45, 2.75) is 31.8 Å². The van der Waals surface area contributed by atoms with Gasteiger partial charge in [-0.25, -0.2) is 4.39 Å². The smallest absolute Gasteiger partial charge is 0.319 e. The Morgan fingerprint density at radius 1 is 1.12 bits per heavy atom. The van der Waals surface area contributed by atoms with E-state index in [-0.39, 0.29) is 29.5 Å². The highest BCUT2D eigenvalue weighted by Gasteiger charge is 2.30. The maximum atomic E-state index is 16.6. The van der Waals surface area contributed by atoms with Crippen LogP contribution in [0.25, 0.3) is 32.8 Å². The highest BCUT2D eigenvalue weighted by Crippen LogP contribution is 2.39. The number of rotatable bonds is 6. The molecule has 0 N–H and O–H groups in total. The van der Waals surface area contributed by atoms with Gasteiger partial charge in [-0.1, -0.05) is 54.6 Å². The lowest BCUT2D eigenvalue weighted by atomic mass is 9.96. The van der Waals surface area contributed by atoms with Crippen LogP contribution in [0.4, 0.5) is 10.2 Å². The summed E-state index contributed by atoms with van der Waals surface area (Å²) in [6.07, 6.45) is 3.49. The van der Waals surface area contributed by atoms with E-state index in [2.05, 4.69) is 28.4 Å². The summed E-state index contributed by atoms with van der Waals surface area (Å²) in [5.41, 5.74) is 1.31. The molecular weight excluding hydrogens is 541 g/mol. The van der Waals surface area contributed by atoms with E-state index in [1.165, 1.54) is 6.08 Å². The van der Waals surface area contributed by atoms with Crippen LogP contribution in [-0.2, 0) is 4.79 Å². The molecule has 0 radical (unpaired) electrons. The molecule has 2 aliphatic heterocycles. The van der Waals surface area contributed by atoms with Crippen molar-refractivity contribution in [3.8, 4) is 17.1 Å². The number of likely N-dealkylation sites (N-methyl/N-ethyl adjacent to an activating group) is 1. The molecule has 0 aliphatic carbocycles. The summed E-state index contributed by atoms with van der Waals surface area (Å²) in [6, 6.07) is 15.4. The Hall–Kier alpha value is -3.75. The fourth-order valence-corrected chi connectivity index (χ4v) is 6.38. The zero-order valence-corrected chi connectivity index (χ0v) is 24.1. The van der Waals surface area contributed by atoms with Crippen LogP contribution in [-0.4, -0.2) is 77.6 Å². The zero-order valence-electron chi connectivity index (χ0n) is 23.3. The average Bonchev–Trinajstić information content (AvgIpc) is 3.40. The SMILES string of the molecule is C=CC(=O)N1CCN(c2nc(OC[C@@H]3CCCN3C)nc3c(F)c(-c4cccc5cccc(Cl)c45)ccc23)[C@@H](C)C1. The molecule has 3 aromatic carbocycles. The molecule has 2 saturated heterocycles. The minimum absolute atomic E-state index is 0.0563. The van der Waals surface area contributed by atoms with Gasteiger partial charge in [0.25, 0.3) is 0 Å². The molecule has 0 unspecified atom stereocenters. The third-order valence-corrected chi connectivity index (χ3v) is 8.69. The van der Waals surface area contributed by atoms with Crippen LogP contribution in [0, 0.1) is 5.82 Å². The second kappa shape index (κ2) is 11.3. The van der Waals surface area contributed by atoms with Gasteiger partial charge in [-0.2, -0.15) is 9.97 Å². The minimum Gasteiger partial charge on any atom is -0.462 e. The number of likely N-dealkylation sites (tertiary alicyclic amines) is 1. The Balaban J connectivity index is 1.46. The Labute approximate surface area is 244 Å². The van der Waals surface area contributed by atoms with E-state index in [0.717, 1.165) is 30.2 Å². The number of nitrogens with zero attached hydrogens (tertiary/aromatic N) is 5. The summed E-state index contributed by atoms with van der Waals surface area (Å²) in [6.45, 7) is 8.67. The summed E-state index contributed by atoms with van der Waals surface area (Å²) in [7, 11) is 2.08. The second-order valence-corrected chi connectivity index (χ2v) is 11.3. The number of carbonyl (C=O) groups excluding carboxylic acids is 1. The largest absolute Gasteiger partial charge is 0.462 e. The summed E-state index contributed by atoms with van der Waals surface area (Å²) in [5.74, 6) is 0.0529. The molecule has 212 valence electrons. The number of hydrogen-bond acceptors (Lipinski definition) is 6. The summed E-state index contributed by atoms with van der Waals surface area (Å²) < 4.78 is 22.7. The number of halogens is 2. The molecule has 9 heteroatoms. The van der Waals surface area contributed by atoms with Gasteiger partial charge in [-0.3, -0.25) is 4.79 Å². The standard InChI is InChI=1S/C32H33ClFN5O2/c1-4-27(40)38-16-17-39(20(2)18-38)31-25-14-13-24(23-11-5-8-21-9-6-12-26(33)28(21)23)29(34)30(25)35-32(36-31)41-19-22-10-7-15-37(22)3/h4-6,8-9,11-14,20,22H,1,7,10,15-19H2,2-3H3/t20-,22-/m0/s1. The third-order valence-electron chi connectivity index (χ3n) is 8.37. The molecule has 0 spiro atoms. The Morgan fingerprint density at radius 2 is 1.93 bits per heavy atom. The predicted octanol–water partition coefficient (Wildman–Crippen LogP) is 5.94. The third kappa shape index (κ3) is 5.11. The highest BCUT2D eigenvalue weighted by molar-refractivity contribution is 6.36. The zero-order chi connectivity index (χ0) is 28.7. The molecule has 41 heavy (non-hydrogen) atoms. The Morgan fingerprint density at radius 3 is 2.66 bits per heavy atom. The fourth-order valence-electron chi connectivity index (χ4n) is 6.10. The molecule has 2 fully saturated rings. The molecule has 1 aromatic heterocycles. The first-order valence-electron chi connectivity index (χ1n) is 14.0. The van der Waals surface area contributed by atoms with Crippen LogP contribution < -0.4 is 9.64 Å². The van der Waals surface area contributed by atoms with E-state index in [1.54, 1.807) is 11.0 Å². The molecular formula is C32H33ClFN5O2. The summed E-state index contributed by atoms with van der Waals surface area (Å²) in [4.78, 5) is 27.9. The quantitative estimate of drug-likeness (QED) is 0.266. The van der Waals surface area contributed by atoms with Crippen LogP contribution in [0.15, 0.2) is 61.2 Å². The molecule has 6 rings (SSSR count). The molecule has 3 heterocycles. The van der Waals surface area contributed by atoms with Crippen LogP contribution in [0.3, 0.4) is 0 Å². The number of piperazine rings is 1. The van der Waals surface area contributed by atoms with Gasteiger partial charge >= 0.3 is 6.01 Å². The number of fused-ring (bicyclic) bond motifs is 2. The van der Waals surface area contributed by atoms with Gasteiger partial charge in [-0.05, 0) is 62.5 Å². The van der Waals surface area contributed by atoms with Crippen molar-refractivity contribution < 1.29 is 13.9 Å². The molecule has 1 amide bonds. The van der Waals surface area contributed by atoms with Crippen molar-refractivity contribution in [3.63, 3.8) is 0 Å². The van der Waals surface area contributed by atoms with Crippen LogP contribution >= 0.6 is 11.6 Å². The number of ether oxygens (including phenoxy) is 1. The lowest BCUT2D eigenvalue weighted by molar-refractivity contribution is -0.126. The Bertz CT molecular complexity index is 1640. The van der Waals surface area contributed by atoms with Crippen LogP contribution in [0.5, 0.6) is 6.01 Å². The van der Waals surface area contributed by atoms with Crippen LogP contribution in [0.2, 0.25) is 5.02 Å². The molecule has 0 bridgehead atoms. The lowest BCUT2D eigenvalue weighted by Crippen LogP contribution is -2.53. The summed E-state index contributed by atoms with van der Waals surface area (Å²) in [5, 5.41) is 2.88. The maximum Gasteiger partial charge on any atom is 0.319 e. The van der Waals surface area contributed by atoms with E-state index in [1.807, 2.05) is 49.4 Å². The lowest BCUT2D eigenvalue weighted by Gasteiger charge is -2.40. The molecule has 7 nitrogen and oxygen atoms in total. The maximum absolute atomic E-state index is 16.6.